The first-order chi connectivity index (χ1) is 8.63. The van der Waals surface area contributed by atoms with Gasteiger partial charge < -0.3 is 4.52 Å². The lowest BCUT2D eigenvalue weighted by atomic mass is 9.91. The first-order valence-corrected chi connectivity index (χ1v) is 7.21. The van der Waals surface area contributed by atoms with E-state index in [1.54, 1.807) is 0 Å². The van der Waals surface area contributed by atoms with E-state index in [1.165, 1.54) is 19.3 Å². The van der Waals surface area contributed by atoms with E-state index in [0.717, 1.165) is 36.6 Å². The van der Waals surface area contributed by atoms with Crippen molar-refractivity contribution in [3.8, 4) is 0 Å². The molecule has 18 heavy (non-hydrogen) atoms. The highest BCUT2D eigenvalue weighted by atomic mass is 16.5. The van der Waals surface area contributed by atoms with E-state index < -0.39 is 0 Å². The van der Waals surface area contributed by atoms with E-state index >= 15 is 0 Å². The lowest BCUT2D eigenvalue weighted by molar-refractivity contribution is 0.0866. The number of nitrogens with zero attached hydrogens (tertiary/aromatic N) is 3. The van der Waals surface area contributed by atoms with Crippen LogP contribution in [0.15, 0.2) is 4.52 Å². The lowest BCUT2D eigenvalue weighted by Gasteiger charge is -2.37. The van der Waals surface area contributed by atoms with Crippen LogP contribution in [0.5, 0.6) is 0 Å². The second-order valence-electron chi connectivity index (χ2n) is 6.34. The van der Waals surface area contributed by atoms with Crippen LogP contribution in [0.4, 0.5) is 0 Å². The second-order valence-corrected chi connectivity index (χ2v) is 6.34. The molecule has 2 heterocycles. The Morgan fingerprint density at radius 2 is 1.89 bits per heavy atom. The fraction of sp³-hybridized carbons (Fsp3) is 0.857. The molecule has 1 saturated heterocycles. The Labute approximate surface area is 109 Å². The maximum Gasteiger partial charge on any atom is 0.243 e. The fourth-order valence-corrected chi connectivity index (χ4v) is 3.11. The minimum atomic E-state index is 0.259. The normalized spacial score (nSPS) is 31.5. The molecule has 1 aliphatic carbocycles. The summed E-state index contributed by atoms with van der Waals surface area (Å²) in [5.74, 6) is 3.84. The van der Waals surface area contributed by atoms with Crippen molar-refractivity contribution in [2.24, 2.45) is 11.8 Å². The van der Waals surface area contributed by atoms with Gasteiger partial charge in [-0.2, -0.15) is 4.98 Å². The highest BCUT2D eigenvalue weighted by molar-refractivity contribution is 5.05. The summed E-state index contributed by atoms with van der Waals surface area (Å²) < 4.78 is 5.45. The van der Waals surface area contributed by atoms with E-state index in [0.29, 0.717) is 5.92 Å². The lowest BCUT2D eigenvalue weighted by Crippen LogP contribution is -2.40. The SMILES string of the molecule is C[C@@H]1C[C@@H](C)CN([C@@H](C)c2nc(C3CC3)no2)C1. The molecule has 4 nitrogen and oxygen atoms in total. The summed E-state index contributed by atoms with van der Waals surface area (Å²) >= 11 is 0. The third-order valence-electron chi connectivity index (χ3n) is 4.20. The van der Waals surface area contributed by atoms with Crippen LogP contribution in [0.3, 0.4) is 0 Å². The van der Waals surface area contributed by atoms with Gasteiger partial charge in [-0.05, 0) is 38.0 Å². The first kappa shape index (κ1) is 12.2. The average Bonchev–Trinajstić information content (AvgIpc) is 3.05. The molecule has 100 valence electrons. The van der Waals surface area contributed by atoms with Gasteiger partial charge in [0, 0.05) is 19.0 Å². The molecular formula is C14H23N3O. The van der Waals surface area contributed by atoms with Gasteiger partial charge in [0.25, 0.3) is 0 Å². The zero-order valence-corrected chi connectivity index (χ0v) is 11.6. The third-order valence-corrected chi connectivity index (χ3v) is 4.20. The predicted molar refractivity (Wildman–Crippen MR) is 69.2 cm³/mol. The fourth-order valence-electron chi connectivity index (χ4n) is 3.11. The quantitative estimate of drug-likeness (QED) is 0.826. The molecule has 0 spiro atoms. The summed E-state index contributed by atoms with van der Waals surface area (Å²) in [5.41, 5.74) is 0. The zero-order valence-electron chi connectivity index (χ0n) is 11.6. The summed E-state index contributed by atoms with van der Waals surface area (Å²) in [6.07, 6.45) is 3.79. The third kappa shape index (κ3) is 2.44. The monoisotopic (exact) mass is 249 g/mol. The molecule has 0 amide bonds. The summed E-state index contributed by atoms with van der Waals surface area (Å²) in [4.78, 5) is 7.07. The van der Waals surface area contributed by atoms with Gasteiger partial charge in [0.05, 0.1) is 6.04 Å². The molecule has 2 fully saturated rings. The molecule has 0 radical (unpaired) electrons. The molecule has 2 aliphatic rings. The van der Waals surface area contributed by atoms with Crippen molar-refractivity contribution in [3.63, 3.8) is 0 Å². The molecule has 1 aliphatic heterocycles. The molecule has 1 aromatic rings. The Bertz CT molecular complexity index is 403. The van der Waals surface area contributed by atoms with E-state index in [9.17, 15) is 0 Å². The predicted octanol–water partition coefficient (Wildman–Crippen LogP) is 2.99. The highest BCUT2D eigenvalue weighted by Crippen LogP contribution is 2.39. The van der Waals surface area contributed by atoms with Crippen LogP contribution in [-0.4, -0.2) is 28.1 Å². The van der Waals surface area contributed by atoms with Crippen LogP contribution in [0.25, 0.3) is 0 Å². The average molecular weight is 249 g/mol. The van der Waals surface area contributed by atoms with Gasteiger partial charge >= 0.3 is 0 Å². The molecule has 0 N–H and O–H groups in total. The van der Waals surface area contributed by atoms with Crippen LogP contribution in [-0.2, 0) is 0 Å². The second kappa shape index (κ2) is 4.65. The number of aromatic nitrogens is 2. The van der Waals surface area contributed by atoms with Crippen LogP contribution in [0.2, 0.25) is 0 Å². The molecule has 0 aromatic carbocycles. The van der Waals surface area contributed by atoms with Gasteiger partial charge in [-0.3, -0.25) is 4.90 Å². The van der Waals surface area contributed by atoms with Gasteiger partial charge in [0.1, 0.15) is 0 Å². The van der Waals surface area contributed by atoms with E-state index in [2.05, 4.69) is 35.8 Å². The summed E-state index contributed by atoms with van der Waals surface area (Å²) in [7, 11) is 0. The van der Waals surface area contributed by atoms with E-state index in [4.69, 9.17) is 4.52 Å². The van der Waals surface area contributed by atoms with Gasteiger partial charge in [0.15, 0.2) is 5.82 Å². The number of piperidine rings is 1. The van der Waals surface area contributed by atoms with Gasteiger partial charge in [0.2, 0.25) is 5.89 Å². The van der Waals surface area contributed by atoms with Gasteiger partial charge in [-0.15, -0.1) is 0 Å². The molecule has 1 saturated carbocycles. The minimum absolute atomic E-state index is 0.259. The number of rotatable bonds is 3. The zero-order chi connectivity index (χ0) is 12.7. The van der Waals surface area contributed by atoms with E-state index in [1.807, 2.05) is 0 Å². The van der Waals surface area contributed by atoms with Crippen molar-refractivity contribution in [1.29, 1.82) is 0 Å². The molecule has 4 heteroatoms. The summed E-state index contributed by atoms with van der Waals surface area (Å²) in [6.45, 7) is 9.14. The van der Waals surface area contributed by atoms with Crippen molar-refractivity contribution in [2.75, 3.05) is 13.1 Å². The highest BCUT2D eigenvalue weighted by Gasteiger charge is 2.32. The molecule has 0 bridgehead atoms. The Morgan fingerprint density at radius 1 is 1.22 bits per heavy atom. The summed E-state index contributed by atoms with van der Waals surface area (Å²) in [6, 6.07) is 0.259. The molecule has 0 unspecified atom stereocenters. The smallest absolute Gasteiger partial charge is 0.243 e. The van der Waals surface area contributed by atoms with Gasteiger partial charge in [-0.25, -0.2) is 0 Å². The van der Waals surface area contributed by atoms with Gasteiger partial charge in [-0.1, -0.05) is 19.0 Å². The van der Waals surface area contributed by atoms with E-state index in [-0.39, 0.29) is 6.04 Å². The van der Waals surface area contributed by atoms with Crippen LogP contribution < -0.4 is 0 Å². The number of likely N-dealkylation sites (tertiary alicyclic amines) is 1. The van der Waals surface area contributed by atoms with Crippen LogP contribution in [0.1, 0.15) is 63.7 Å². The molecular weight excluding hydrogens is 226 g/mol. The maximum absolute atomic E-state index is 5.45. The molecule has 1 aromatic heterocycles. The van der Waals surface area contributed by atoms with Crippen molar-refractivity contribution in [3.05, 3.63) is 11.7 Å². The Morgan fingerprint density at radius 3 is 2.50 bits per heavy atom. The minimum Gasteiger partial charge on any atom is -0.338 e. The molecule has 3 rings (SSSR count). The van der Waals surface area contributed by atoms with Crippen molar-refractivity contribution >= 4 is 0 Å². The number of hydrogen-bond acceptors (Lipinski definition) is 4. The van der Waals surface area contributed by atoms with Crippen molar-refractivity contribution < 1.29 is 4.52 Å². The topological polar surface area (TPSA) is 42.2 Å². The molecule has 3 atom stereocenters. The van der Waals surface area contributed by atoms with Crippen LogP contribution >= 0.6 is 0 Å². The summed E-state index contributed by atoms with van der Waals surface area (Å²) in [5, 5.41) is 4.12. The Kier molecular flexibility index (Phi) is 3.14. The van der Waals surface area contributed by atoms with Crippen LogP contribution in [0, 0.1) is 11.8 Å². The Hall–Kier alpha value is -0.900. The maximum atomic E-state index is 5.45. The van der Waals surface area contributed by atoms with Crippen molar-refractivity contribution in [2.45, 2.75) is 52.0 Å². The van der Waals surface area contributed by atoms with Crippen molar-refractivity contribution in [1.82, 2.24) is 15.0 Å². The first-order valence-electron chi connectivity index (χ1n) is 7.21. The standard InChI is InChI=1S/C14H23N3O/c1-9-6-10(2)8-17(7-9)11(3)14-15-13(16-18-14)12-4-5-12/h9-12H,4-8H2,1-3H3/t9-,10-,11+/m1/s1. The number of hydrogen-bond donors (Lipinski definition) is 0. The Balaban J connectivity index is 1.69. The largest absolute Gasteiger partial charge is 0.338 e.